The monoisotopic (exact) mass is 365 g/mol. The van der Waals surface area contributed by atoms with Crippen LogP contribution in [-0.4, -0.2) is 21.3 Å². The zero-order chi connectivity index (χ0) is 15.9. The van der Waals surface area contributed by atoms with Crippen LogP contribution in [0.25, 0.3) is 0 Å². The van der Waals surface area contributed by atoms with Crippen LogP contribution in [0.4, 0.5) is 0 Å². The highest BCUT2D eigenvalue weighted by Gasteiger charge is 2.11. The van der Waals surface area contributed by atoms with Crippen molar-refractivity contribution in [3.05, 3.63) is 52.0 Å². The first kappa shape index (κ1) is 16.6. The Labute approximate surface area is 139 Å². The van der Waals surface area contributed by atoms with Crippen LogP contribution in [0, 0.1) is 0 Å². The van der Waals surface area contributed by atoms with Gasteiger partial charge in [0.2, 0.25) is 0 Å². The van der Waals surface area contributed by atoms with Crippen molar-refractivity contribution < 1.29 is 14.2 Å². The molecule has 2 rings (SSSR count). The van der Waals surface area contributed by atoms with Crippen LogP contribution in [0.1, 0.15) is 11.1 Å². The topological polar surface area (TPSA) is 39.7 Å². The van der Waals surface area contributed by atoms with E-state index >= 15 is 0 Å². The SMILES string of the molecule is COc1ccccc1CNCc1cc(Br)cc(OC)c1OC. The number of nitrogens with one attached hydrogen (secondary N) is 1. The van der Waals surface area contributed by atoms with E-state index < -0.39 is 0 Å². The Morgan fingerprint density at radius 2 is 1.55 bits per heavy atom. The molecule has 0 aliphatic carbocycles. The molecular weight excluding hydrogens is 346 g/mol. The van der Waals surface area contributed by atoms with Crippen LogP contribution >= 0.6 is 15.9 Å². The van der Waals surface area contributed by atoms with Gasteiger partial charge in [-0.2, -0.15) is 0 Å². The summed E-state index contributed by atoms with van der Waals surface area (Å²) in [4.78, 5) is 0. The molecule has 0 heterocycles. The second kappa shape index (κ2) is 8.06. The van der Waals surface area contributed by atoms with Gasteiger partial charge in [-0.15, -0.1) is 0 Å². The maximum Gasteiger partial charge on any atom is 0.165 e. The Morgan fingerprint density at radius 1 is 0.864 bits per heavy atom. The van der Waals surface area contributed by atoms with Crippen molar-refractivity contribution in [2.75, 3.05) is 21.3 Å². The van der Waals surface area contributed by atoms with Crippen molar-refractivity contribution >= 4 is 15.9 Å². The minimum absolute atomic E-state index is 0.664. The van der Waals surface area contributed by atoms with Gasteiger partial charge < -0.3 is 19.5 Å². The third-order valence-corrected chi connectivity index (χ3v) is 3.80. The third kappa shape index (κ3) is 3.93. The average molecular weight is 366 g/mol. The fourth-order valence-electron chi connectivity index (χ4n) is 2.32. The van der Waals surface area contributed by atoms with Gasteiger partial charge in [-0.25, -0.2) is 0 Å². The highest BCUT2D eigenvalue weighted by Crippen LogP contribution is 2.34. The molecule has 2 aromatic carbocycles. The van der Waals surface area contributed by atoms with E-state index in [2.05, 4.69) is 21.2 Å². The summed E-state index contributed by atoms with van der Waals surface area (Å²) >= 11 is 3.49. The number of halogens is 1. The van der Waals surface area contributed by atoms with Crippen LogP contribution < -0.4 is 19.5 Å². The summed E-state index contributed by atoms with van der Waals surface area (Å²) < 4.78 is 17.1. The van der Waals surface area contributed by atoms with E-state index in [0.29, 0.717) is 18.8 Å². The molecule has 1 N–H and O–H groups in total. The van der Waals surface area contributed by atoms with Crippen molar-refractivity contribution in [1.29, 1.82) is 0 Å². The lowest BCUT2D eigenvalue weighted by molar-refractivity contribution is 0.350. The molecule has 0 aliphatic heterocycles. The number of methoxy groups -OCH3 is 3. The molecule has 118 valence electrons. The highest BCUT2D eigenvalue weighted by molar-refractivity contribution is 9.10. The van der Waals surface area contributed by atoms with Gasteiger partial charge in [0, 0.05) is 28.7 Å². The molecule has 0 bridgehead atoms. The van der Waals surface area contributed by atoms with Crippen molar-refractivity contribution in [3.63, 3.8) is 0 Å². The molecular formula is C17H20BrNO3. The molecule has 0 saturated heterocycles. The summed E-state index contributed by atoms with van der Waals surface area (Å²) in [6, 6.07) is 11.9. The van der Waals surface area contributed by atoms with E-state index in [1.165, 1.54) is 0 Å². The number of hydrogen-bond acceptors (Lipinski definition) is 4. The van der Waals surface area contributed by atoms with Gasteiger partial charge in [0.05, 0.1) is 21.3 Å². The number of rotatable bonds is 7. The van der Waals surface area contributed by atoms with Gasteiger partial charge in [-0.05, 0) is 18.2 Å². The van der Waals surface area contributed by atoms with E-state index in [4.69, 9.17) is 14.2 Å². The minimum Gasteiger partial charge on any atom is -0.496 e. The van der Waals surface area contributed by atoms with Crippen LogP contribution in [-0.2, 0) is 13.1 Å². The van der Waals surface area contributed by atoms with Crippen molar-refractivity contribution in [3.8, 4) is 17.2 Å². The molecule has 0 spiro atoms. The van der Waals surface area contributed by atoms with E-state index in [0.717, 1.165) is 27.1 Å². The molecule has 4 nitrogen and oxygen atoms in total. The summed E-state index contributed by atoms with van der Waals surface area (Å²) in [5.74, 6) is 2.35. The Balaban J connectivity index is 2.10. The fraction of sp³-hybridized carbons (Fsp3) is 0.294. The van der Waals surface area contributed by atoms with Crippen LogP contribution in [0.15, 0.2) is 40.9 Å². The standard InChI is InChI=1S/C17H20BrNO3/c1-20-15-7-5-4-6-12(15)10-19-11-13-8-14(18)9-16(21-2)17(13)22-3/h4-9,19H,10-11H2,1-3H3. The third-order valence-electron chi connectivity index (χ3n) is 3.34. The van der Waals surface area contributed by atoms with Gasteiger partial charge in [0.15, 0.2) is 11.5 Å². The Kier molecular flexibility index (Phi) is 6.10. The van der Waals surface area contributed by atoms with Crippen molar-refractivity contribution in [2.45, 2.75) is 13.1 Å². The first-order valence-electron chi connectivity index (χ1n) is 6.92. The maximum atomic E-state index is 5.46. The Bertz CT molecular complexity index is 631. The lowest BCUT2D eigenvalue weighted by atomic mass is 10.1. The molecule has 0 aliphatic rings. The Morgan fingerprint density at radius 3 is 2.23 bits per heavy atom. The molecule has 0 amide bonds. The minimum atomic E-state index is 0.664. The predicted octanol–water partition coefficient (Wildman–Crippen LogP) is 3.76. The van der Waals surface area contributed by atoms with Gasteiger partial charge in [0.25, 0.3) is 0 Å². The summed E-state index contributed by atoms with van der Waals surface area (Å²) in [6.45, 7) is 1.37. The normalized spacial score (nSPS) is 10.4. The lowest BCUT2D eigenvalue weighted by Crippen LogP contribution is -2.14. The maximum absolute atomic E-state index is 5.46. The molecule has 2 aromatic rings. The largest absolute Gasteiger partial charge is 0.496 e. The van der Waals surface area contributed by atoms with Gasteiger partial charge in [0.1, 0.15) is 5.75 Å². The number of ether oxygens (including phenoxy) is 3. The number of benzene rings is 2. The van der Waals surface area contributed by atoms with E-state index in [1.54, 1.807) is 21.3 Å². The average Bonchev–Trinajstić information content (AvgIpc) is 2.54. The zero-order valence-corrected chi connectivity index (χ0v) is 14.6. The number of para-hydroxylation sites is 1. The van der Waals surface area contributed by atoms with Gasteiger partial charge in [-0.1, -0.05) is 34.1 Å². The van der Waals surface area contributed by atoms with Crippen LogP contribution in [0.3, 0.4) is 0 Å². The first-order chi connectivity index (χ1) is 10.7. The van der Waals surface area contributed by atoms with Crippen LogP contribution in [0.2, 0.25) is 0 Å². The molecule has 0 radical (unpaired) electrons. The van der Waals surface area contributed by atoms with E-state index in [-0.39, 0.29) is 0 Å². The molecule has 0 fully saturated rings. The van der Waals surface area contributed by atoms with Crippen molar-refractivity contribution in [1.82, 2.24) is 5.32 Å². The van der Waals surface area contributed by atoms with Crippen LogP contribution in [0.5, 0.6) is 17.2 Å². The highest BCUT2D eigenvalue weighted by atomic mass is 79.9. The second-order valence-electron chi connectivity index (χ2n) is 4.72. The zero-order valence-electron chi connectivity index (χ0n) is 13.0. The molecule has 0 unspecified atom stereocenters. The predicted molar refractivity (Wildman–Crippen MR) is 90.8 cm³/mol. The van der Waals surface area contributed by atoms with Gasteiger partial charge >= 0.3 is 0 Å². The summed E-state index contributed by atoms with van der Waals surface area (Å²) in [5.41, 5.74) is 2.15. The molecule has 5 heteroatoms. The van der Waals surface area contributed by atoms with Crippen molar-refractivity contribution in [2.24, 2.45) is 0 Å². The smallest absolute Gasteiger partial charge is 0.165 e. The fourth-order valence-corrected chi connectivity index (χ4v) is 2.80. The van der Waals surface area contributed by atoms with Gasteiger partial charge in [-0.3, -0.25) is 0 Å². The quantitative estimate of drug-likeness (QED) is 0.810. The molecule has 0 aromatic heterocycles. The summed E-state index contributed by atoms with van der Waals surface area (Å²) in [6.07, 6.45) is 0. The van der Waals surface area contributed by atoms with E-state index in [9.17, 15) is 0 Å². The second-order valence-corrected chi connectivity index (χ2v) is 5.63. The molecule has 0 saturated carbocycles. The van der Waals surface area contributed by atoms with E-state index in [1.807, 2.05) is 36.4 Å². The molecule has 0 atom stereocenters. The summed E-state index contributed by atoms with van der Waals surface area (Å²) in [7, 11) is 4.97. The summed E-state index contributed by atoms with van der Waals surface area (Å²) in [5, 5.41) is 3.41. The Hall–Kier alpha value is -1.72. The first-order valence-corrected chi connectivity index (χ1v) is 7.72. The molecule has 22 heavy (non-hydrogen) atoms. The number of hydrogen-bond donors (Lipinski definition) is 1. The lowest BCUT2D eigenvalue weighted by Gasteiger charge is -2.15.